The summed E-state index contributed by atoms with van der Waals surface area (Å²) in [6, 6.07) is 0. The summed E-state index contributed by atoms with van der Waals surface area (Å²) in [5, 5.41) is 12.9. The molecular weight excluding hydrogens is 300 g/mol. The van der Waals surface area contributed by atoms with Crippen molar-refractivity contribution in [2.24, 2.45) is 0 Å². The number of carboxylic acid groups (broad SMARTS) is 1. The van der Waals surface area contributed by atoms with Gasteiger partial charge in [0.1, 0.15) is 6.26 Å². The van der Waals surface area contributed by atoms with E-state index in [9.17, 15) is 4.79 Å². The second-order valence-electron chi connectivity index (χ2n) is 6.13. The van der Waals surface area contributed by atoms with E-state index in [-0.39, 0.29) is 17.5 Å². The third kappa shape index (κ3) is 3.58. The van der Waals surface area contributed by atoms with Crippen LogP contribution in [0.4, 0.5) is 0 Å². The van der Waals surface area contributed by atoms with Crippen LogP contribution in [0.25, 0.3) is 0 Å². The molecule has 0 unspecified atom stereocenters. The van der Waals surface area contributed by atoms with Gasteiger partial charge in [0, 0.05) is 11.8 Å². The Kier molecular flexibility index (Phi) is 4.42. The number of aromatic carboxylic acids is 1. The normalized spacial score (nSPS) is 17.0. The monoisotopic (exact) mass is 320 g/mol. The predicted octanol–water partition coefficient (Wildman–Crippen LogP) is 2.26. The van der Waals surface area contributed by atoms with Crippen LogP contribution in [-0.2, 0) is 6.54 Å². The molecule has 8 nitrogen and oxygen atoms in total. The second kappa shape index (κ2) is 6.49. The number of oxazole rings is 1. The minimum absolute atomic E-state index is 0.0537. The number of nitrogens with zero attached hydrogens (tertiary/aromatic N) is 4. The fourth-order valence-corrected chi connectivity index (χ4v) is 2.66. The molecule has 23 heavy (non-hydrogen) atoms. The van der Waals surface area contributed by atoms with Crippen molar-refractivity contribution in [1.82, 2.24) is 20.0 Å². The fourth-order valence-electron chi connectivity index (χ4n) is 2.66. The standard InChI is InChI=1S/C15H20N4O4/c1-9(2)13-17-14(23-18-13)10-3-5-19(6-4-10)7-12-16-11(8-22-12)15(20)21/h8-10H,3-7H2,1-2H3,(H,20,21). The quantitative estimate of drug-likeness (QED) is 0.894. The van der Waals surface area contributed by atoms with Crippen molar-refractivity contribution in [3.63, 3.8) is 0 Å². The molecule has 0 aliphatic carbocycles. The highest BCUT2D eigenvalue weighted by Gasteiger charge is 2.26. The Hall–Kier alpha value is -2.22. The maximum Gasteiger partial charge on any atom is 0.357 e. The van der Waals surface area contributed by atoms with Crippen molar-refractivity contribution in [2.75, 3.05) is 13.1 Å². The van der Waals surface area contributed by atoms with Gasteiger partial charge < -0.3 is 14.0 Å². The van der Waals surface area contributed by atoms with Crippen molar-refractivity contribution in [3.8, 4) is 0 Å². The number of likely N-dealkylation sites (tertiary alicyclic amines) is 1. The van der Waals surface area contributed by atoms with Gasteiger partial charge in [-0.15, -0.1) is 0 Å². The second-order valence-corrected chi connectivity index (χ2v) is 6.13. The number of hydrogen-bond donors (Lipinski definition) is 1. The molecule has 124 valence electrons. The first-order valence-electron chi connectivity index (χ1n) is 7.76. The molecule has 2 aromatic heterocycles. The minimum atomic E-state index is -1.07. The molecule has 3 heterocycles. The van der Waals surface area contributed by atoms with Crippen LogP contribution in [0.3, 0.4) is 0 Å². The first-order chi connectivity index (χ1) is 11.0. The smallest absolute Gasteiger partial charge is 0.357 e. The zero-order valence-electron chi connectivity index (χ0n) is 13.2. The third-order valence-electron chi connectivity index (χ3n) is 4.04. The molecule has 0 amide bonds. The molecule has 2 aromatic rings. The molecule has 0 bridgehead atoms. The van der Waals surface area contributed by atoms with Crippen LogP contribution >= 0.6 is 0 Å². The maximum absolute atomic E-state index is 10.8. The Morgan fingerprint density at radius 1 is 1.39 bits per heavy atom. The number of carboxylic acids is 1. The molecule has 3 rings (SSSR count). The predicted molar refractivity (Wildman–Crippen MR) is 79.1 cm³/mol. The Morgan fingerprint density at radius 2 is 2.13 bits per heavy atom. The van der Waals surface area contributed by atoms with Gasteiger partial charge >= 0.3 is 5.97 Å². The largest absolute Gasteiger partial charge is 0.476 e. The molecule has 0 spiro atoms. The Bertz CT molecular complexity index is 671. The lowest BCUT2D eigenvalue weighted by molar-refractivity contribution is 0.0690. The van der Waals surface area contributed by atoms with Crippen LogP contribution in [-0.4, -0.2) is 44.2 Å². The lowest BCUT2D eigenvalue weighted by Gasteiger charge is -2.29. The number of aromatic nitrogens is 3. The molecule has 0 radical (unpaired) electrons. The summed E-state index contributed by atoms with van der Waals surface area (Å²) in [5.74, 6) is 1.38. The van der Waals surface area contributed by atoms with Crippen LogP contribution in [0.1, 0.15) is 66.6 Å². The molecule has 1 saturated heterocycles. The van der Waals surface area contributed by atoms with Crippen LogP contribution in [0.15, 0.2) is 15.2 Å². The van der Waals surface area contributed by atoms with Gasteiger partial charge in [0.05, 0.1) is 6.54 Å². The van der Waals surface area contributed by atoms with E-state index in [1.165, 1.54) is 6.26 Å². The maximum atomic E-state index is 10.8. The summed E-state index contributed by atoms with van der Waals surface area (Å²) < 4.78 is 10.6. The highest BCUT2D eigenvalue weighted by atomic mass is 16.5. The van der Waals surface area contributed by atoms with Gasteiger partial charge in [0.2, 0.25) is 11.8 Å². The van der Waals surface area contributed by atoms with Crippen molar-refractivity contribution < 1.29 is 18.8 Å². The van der Waals surface area contributed by atoms with E-state index in [2.05, 4.69) is 20.0 Å². The van der Waals surface area contributed by atoms with Gasteiger partial charge in [-0.2, -0.15) is 4.98 Å². The van der Waals surface area contributed by atoms with Crippen LogP contribution < -0.4 is 0 Å². The Balaban J connectivity index is 1.54. The van der Waals surface area contributed by atoms with E-state index in [0.29, 0.717) is 12.4 Å². The topological polar surface area (TPSA) is 105 Å². The average Bonchev–Trinajstić information content (AvgIpc) is 3.17. The molecule has 0 atom stereocenters. The van der Waals surface area contributed by atoms with E-state index in [1.54, 1.807) is 0 Å². The molecule has 0 aromatic carbocycles. The zero-order chi connectivity index (χ0) is 16.4. The van der Waals surface area contributed by atoms with Gasteiger partial charge in [-0.25, -0.2) is 9.78 Å². The number of hydrogen-bond acceptors (Lipinski definition) is 7. The van der Waals surface area contributed by atoms with E-state index < -0.39 is 5.97 Å². The van der Waals surface area contributed by atoms with Crippen LogP contribution in [0, 0.1) is 0 Å². The van der Waals surface area contributed by atoms with Crippen LogP contribution in [0.5, 0.6) is 0 Å². The zero-order valence-corrected chi connectivity index (χ0v) is 13.2. The van der Waals surface area contributed by atoms with Gasteiger partial charge in [0.15, 0.2) is 11.5 Å². The van der Waals surface area contributed by atoms with Crippen molar-refractivity contribution in [2.45, 2.75) is 45.1 Å². The molecule has 1 aliphatic heterocycles. The molecular formula is C15H20N4O4. The SMILES string of the molecule is CC(C)c1noc(C2CCN(Cc3nc(C(=O)O)co3)CC2)n1. The summed E-state index contributed by atoms with van der Waals surface area (Å²) in [6.45, 7) is 6.31. The van der Waals surface area contributed by atoms with Crippen LogP contribution in [0.2, 0.25) is 0 Å². The van der Waals surface area contributed by atoms with Gasteiger partial charge in [0.25, 0.3) is 0 Å². The van der Waals surface area contributed by atoms with E-state index >= 15 is 0 Å². The number of piperidine rings is 1. The first-order valence-corrected chi connectivity index (χ1v) is 7.76. The van der Waals surface area contributed by atoms with Gasteiger partial charge in [-0.3, -0.25) is 4.90 Å². The summed E-state index contributed by atoms with van der Waals surface area (Å²) in [6.07, 6.45) is 3.02. The van der Waals surface area contributed by atoms with E-state index in [0.717, 1.165) is 37.6 Å². The van der Waals surface area contributed by atoms with Crippen molar-refractivity contribution in [1.29, 1.82) is 0 Å². The third-order valence-corrected chi connectivity index (χ3v) is 4.04. The molecule has 1 N–H and O–H groups in total. The summed E-state index contributed by atoms with van der Waals surface area (Å²) in [7, 11) is 0. The Morgan fingerprint density at radius 3 is 2.70 bits per heavy atom. The molecule has 8 heteroatoms. The van der Waals surface area contributed by atoms with Gasteiger partial charge in [-0.05, 0) is 25.9 Å². The van der Waals surface area contributed by atoms with Crippen molar-refractivity contribution >= 4 is 5.97 Å². The fraction of sp³-hybridized carbons (Fsp3) is 0.600. The number of rotatable bonds is 5. The number of carbonyl (C=O) groups is 1. The average molecular weight is 320 g/mol. The summed E-state index contributed by atoms with van der Waals surface area (Å²) in [4.78, 5) is 21.4. The van der Waals surface area contributed by atoms with Gasteiger partial charge in [-0.1, -0.05) is 19.0 Å². The first kappa shape index (κ1) is 15.7. The van der Waals surface area contributed by atoms with E-state index in [4.69, 9.17) is 14.0 Å². The highest BCUT2D eigenvalue weighted by molar-refractivity contribution is 5.84. The minimum Gasteiger partial charge on any atom is -0.476 e. The lowest BCUT2D eigenvalue weighted by atomic mass is 9.97. The molecule has 1 fully saturated rings. The van der Waals surface area contributed by atoms with E-state index in [1.807, 2.05) is 13.8 Å². The molecule has 0 saturated carbocycles. The van der Waals surface area contributed by atoms with Crippen molar-refractivity contribution in [3.05, 3.63) is 29.6 Å². The lowest BCUT2D eigenvalue weighted by Crippen LogP contribution is -2.32. The highest BCUT2D eigenvalue weighted by Crippen LogP contribution is 2.28. The summed E-state index contributed by atoms with van der Waals surface area (Å²) in [5.41, 5.74) is -0.0537. The molecule has 1 aliphatic rings. The summed E-state index contributed by atoms with van der Waals surface area (Å²) >= 11 is 0. The Labute approximate surface area is 133 Å².